The third kappa shape index (κ3) is 2.45. The van der Waals surface area contributed by atoms with Crippen LogP contribution in [-0.4, -0.2) is 12.5 Å². The predicted molar refractivity (Wildman–Crippen MR) is 69.6 cm³/mol. The van der Waals surface area contributed by atoms with Gasteiger partial charge in [0.1, 0.15) is 0 Å². The number of benzene rings is 2. The summed E-state index contributed by atoms with van der Waals surface area (Å²) >= 11 is 0. The molecular formula is C14H16N2O. The molecule has 0 spiro atoms. The van der Waals surface area contributed by atoms with E-state index in [0.29, 0.717) is 0 Å². The fraction of sp³-hybridized carbons (Fsp3) is 0.214. The second-order valence-electron chi connectivity index (χ2n) is 4.06. The summed E-state index contributed by atoms with van der Waals surface area (Å²) in [4.78, 5) is 11.3. The van der Waals surface area contributed by atoms with E-state index in [1.165, 1.54) is 10.8 Å². The van der Waals surface area contributed by atoms with Gasteiger partial charge in [-0.05, 0) is 23.3 Å². The molecule has 2 aromatic carbocycles. The lowest BCUT2D eigenvalue weighted by Gasteiger charge is -2.16. The van der Waals surface area contributed by atoms with E-state index in [1.54, 1.807) is 0 Å². The largest absolute Gasteiger partial charge is 0.348 e. The van der Waals surface area contributed by atoms with Crippen molar-refractivity contribution in [3.63, 3.8) is 0 Å². The first kappa shape index (κ1) is 11.6. The van der Waals surface area contributed by atoms with Crippen LogP contribution < -0.4 is 11.1 Å². The molecule has 2 aromatic rings. The summed E-state index contributed by atoms with van der Waals surface area (Å²) in [5, 5.41) is 5.22. The van der Waals surface area contributed by atoms with Crippen LogP contribution in [0.4, 0.5) is 0 Å². The van der Waals surface area contributed by atoms with Gasteiger partial charge in [0.2, 0.25) is 5.91 Å². The molecule has 17 heavy (non-hydrogen) atoms. The number of fused-ring (bicyclic) bond motifs is 1. The van der Waals surface area contributed by atoms with E-state index in [-0.39, 0.29) is 18.5 Å². The molecule has 2 rings (SSSR count). The Hall–Kier alpha value is -1.87. The van der Waals surface area contributed by atoms with Crippen LogP contribution in [0.2, 0.25) is 0 Å². The standard InChI is InChI=1S/C14H16N2O/c1-10(16-14(17)9-15)12-8-4-6-11-5-2-3-7-13(11)12/h2-8,10H,9,15H2,1H3,(H,16,17). The Balaban J connectivity index is 2.38. The van der Waals surface area contributed by atoms with Crippen molar-refractivity contribution in [1.82, 2.24) is 5.32 Å². The van der Waals surface area contributed by atoms with Gasteiger partial charge in [0.05, 0.1) is 12.6 Å². The van der Waals surface area contributed by atoms with Gasteiger partial charge in [-0.25, -0.2) is 0 Å². The Labute approximate surface area is 101 Å². The minimum absolute atomic E-state index is 0.0229. The van der Waals surface area contributed by atoms with Crippen molar-refractivity contribution in [3.8, 4) is 0 Å². The van der Waals surface area contributed by atoms with Gasteiger partial charge in [0.15, 0.2) is 0 Å². The lowest BCUT2D eigenvalue weighted by molar-refractivity contribution is -0.120. The molecule has 3 N–H and O–H groups in total. The maximum absolute atomic E-state index is 11.3. The number of nitrogens with two attached hydrogens (primary N) is 1. The Kier molecular flexibility index (Phi) is 3.40. The number of hydrogen-bond acceptors (Lipinski definition) is 2. The van der Waals surface area contributed by atoms with E-state index in [4.69, 9.17) is 5.73 Å². The maximum atomic E-state index is 11.3. The van der Waals surface area contributed by atoms with Crippen LogP contribution in [0, 0.1) is 0 Å². The lowest BCUT2D eigenvalue weighted by atomic mass is 10.00. The minimum atomic E-state index is -0.134. The van der Waals surface area contributed by atoms with Crippen molar-refractivity contribution in [2.75, 3.05) is 6.54 Å². The zero-order chi connectivity index (χ0) is 12.3. The Morgan fingerprint density at radius 1 is 1.24 bits per heavy atom. The molecule has 0 fully saturated rings. The summed E-state index contributed by atoms with van der Waals surface area (Å²) in [6.07, 6.45) is 0. The molecule has 0 heterocycles. The monoisotopic (exact) mass is 228 g/mol. The number of hydrogen-bond donors (Lipinski definition) is 2. The van der Waals surface area contributed by atoms with E-state index >= 15 is 0 Å². The zero-order valence-corrected chi connectivity index (χ0v) is 9.81. The van der Waals surface area contributed by atoms with Crippen molar-refractivity contribution >= 4 is 16.7 Å². The van der Waals surface area contributed by atoms with E-state index in [9.17, 15) is 4.79 Å². The lowest BCUT2D eigenvalue weighted by Crippen LogP contribution is -2.32. The number of carbonyl (C=O) groups excluding carboxylic acids is 1. The zero-order valence-electron chi connectivity index (χ0n) is 9.81. The second-order valence-corrected chi connectivity index (χ2v) is 4.06. The van der Waals surface area contributed by atoms with Gasteiger partial charge in [-0.2, -0.15) is 0 Å². The van der Waals surface area contributed by atoms with Gasteiger partial charge < -0.3 is 11.1 Å². The predicted octanol–water partition coefficient (Wildman–Crippen LogP) is 1.98. The highest BCUT2D eigenvalue weighted by atomic mass is 16.1. The van der Waals surface area contributed by atoms with Crippen molar-refractivity contribution in [2.45, 2.75) is 13.0 Å². The van der Waals surface area contributed by atoms with Gasteiger partial charge in [-0.15, -0.1) is 0 Å². The van der Waals surface area contributed by atoms with Crippen LogP contribution in [-0.2, 0) is 4.79 Å². The number of carbonyl (C=O) groups is 1. The average Bonchev–Trinajstić information content (AvgIpc) is 2.37. The molecule has 88 valence electrons. The maximum Gasteiger partial charge on any atom is 0.234 e. The molecule has 1 atom stereocenters. The molecule has 0 saturated carbocycles. The highest BCUT2D eigenvalue weighted by Gasteiger charge is 2.10. The molecule has 3 nitrogen and oxygen atoms in total. The van der Waals surface area contributed by atoms with Gasteiger partial charge >= 0.3 is 0 Å². The quantitative estimate of drug-likeness (QED) is 0.844. The first-order valence-electron chi connectivity index (χ1n) is 5.69. The molecule has 0 aliphatic rings. The molecule has 0 aliphatic heterocycles. The average molecular weight is 228 g/mol. The number of rotatable bonds is 3. The highest BCUT2D eigenvalue weighted by Crippen LogP contribution is 2.23. The van der Waals surface area contributed by atoms with Crippen LogP contribution in [0.15, 0.2) is 42.5 Å². The summed E-state index contributed by atoms with van der Waals surface area (Å²) in [5.41, 5.74) is 6.41. The third-order valence-corrected chi connectivity index (χ3v) is 2.85. The van der Waals surface area contributed by atoms with Gasteiger partial charge in [0, 0.05) is 0 Å². The molecule has 1 unspecified atom stereocenters. The Morgan fingerprint density at radius 2 is 1.94 bits per heavy atom. The molecule has 0 aromatic heterocycles. The van der Waals surface area contributed by atoms with Crippen molar-refractivity contribution in [2.24, 2.45) is 5.73 Å². The summed E-state index contributed by atoms with van der Waals surface area (Å²) in [6, 6.07) is 14.2. The van der Waals surface area contributed by atoms with Crippen molar-refractivity contribution in [3.05, 3.63) is 48.0 Å². The van der Waals surface area contributed by atoms with E-state index in [2.05, 4.69) is 23.5 Å². The van der Waals surface area contributed by atoms with Gasteiger partial charge in [-0.3, -0.25) is 4.79 Å². The SMILES string of the molecule is CC(NC(=O)CN)c1cccc2ccccc12. The van der Waals surface area contributed by atoms with Crippen LogP contribution in [0.1, 0.15) is 18.5 Å². The normalized spacial score (nSPS) is 12.4. The van der Waals surface area contributed by atoms with Crippen LogP contribution in [0.5, 0.6) is 0 Å². The van der Waals surface area contributed by atoms with E-state index in [1.807, 2.05) is 31.2 Å². The Morgan fingerprint density at radius 3 is 2.71 bits per heavy atom. The molecule has 3 heteroatoms. The molecule has 0 aliphatic carbocycles. The molecule has 0 bridgehead atoms. The fourth-order valence-corrected chi connectivity index (χ4v) is 2.01. The molecule has 0 saturated heterocycles. The molecular weight excluding hydrogens is 212 g/mol. The number of amides is 1. The van der Waals surface area contributed by atoms with Crippen molar-refractivity contribution < 1.29 is 4.79 Å². The number of nitrogens with one attached hydrogen (secondary N) is 1. The van der Waals surface area contributed by atoms with Crippen LogP contribution in [0.3, 0.4) is 0 Å². The summed E-state index contributed by atoms with van der Waals surface area (Å²) in [5.74, 6) is -0.134. The van der Waals surface area contributed by atoms with E-state index < -0.39 is 0 Å². The first-order valence-corrected chi connectivity index (χ1v) is 5.69. The fourth-order valence-electron chi connectivity index (χ4n) is 2.01. The topological polar surface area (TPSA) is 55.1 Å². The highest BCUT2D eigenvalue weighted by molar-refractivity contribution is 5.87. The second kappa shape index (κ2) is 4.97. The third-order valence-electron chi connectivity index (χ3n) is 2.85. The van der Waals surface area contributed by atoms with Crippen LogP contribution >= 0.6 is 0 Å². The molecule has 1 amide bonds. The van der Waals surface area contributed by atoms with E-state index in [0.717, 1.165) is 5.56 Å². The minimum Gasteiger partial charge on any atom is -0.348 e. The summed E-state index contributed by atoms with van der Waals surface area (Å²) < 4.78 is 0. The Bertz CT molecular complexity index is 531. The van der Waals surface area contributed by atoms with Gasteiger partial charge in [-0.1, -0.05) is 42.5 Å². The summed E-state index contributed by atoms with van der Waals surface area (Å²) in [7, 11) is 0. The smallest absolute Gasteiger partial charge is 0.234 e. The van der Waals surface area contributed by atoms with Crippen LogP contribution in [0.25, 0.3) is 10.8 Å². The summed E-state index contributed by atoms with van der Waals surface area (Å²) in [6.45, 7) is 1.99. The molecule has 0 radical (unpaired) electrons. The van der Waals surface area contributed by atoms with Gasteiger partial charge in [0.25, 0.3) is 0 Å². The first-order chi connectivity index (χ1) is 8.22. The van der Waals surface area contributed by atoms with Crippen molar-refractivity contribution in [1.29, 1.82) is 0 Å².